The predicted octanol–water partition coefficient (Wildman–Crippen LogP) is 5.74. The highest BCUT2D eigenvalue weighted by Gasteiger charge is 2.48. The van der Waals surface area contributed by atoms with Crippen LogP contribution in [-0.4, -0.2) is 43.1 Å². The Morgan fingerprint density at radius 2 is 1.71 bits per heavy atom. The molecule has 2 heterocycles. The van der Waals surface area contributed by atoms with E-state index in [-0.39, 0.29) is 32.8 Å². The van der Waals surface area contributed by atoms with E-state index in [0.29, 0.717) is 21.5 Å². The van der Waals surface area contributed by atoms with Crippen molar-refractivity contribution < 1.29 is 33.3 Å². The van der Waals surface area contributed by atoms with E-state index in [0.717, 1.165) is 11.3 Å². The molecule has 1 saturated heterocycles. The van der Waals surface area contributed by atoms with Crippen LogP contribution in [0.2, 0.25) is 5.02 Å². The van der Waals surface area contributed by atoms with Gasteiger partial charge >= 0.3 is 5.91 Å². The van der Waals surface area contributed by atoms with E-state index < -0.39 is 29.3 Å². The summed E-state index contributed by atoms with van der Waals surface area (Å²) in [6.07, 6.45) is 0. The number of nitrogens with zero attached hydrogens (tertiary/aromatic N) is 2. The second-order valence-corrected chi connectivity index (χ2v) is 9.65. The molecule has 1 N–H and O–H groups in total. The number of ether oxygens (including phenoxy) is 3. The Bertz CT molecular complexity index is 1620. The number of ketones is 1. The second kappa shape index (κ2) is 9.96. The molecule has 0 spiro atoms. The van der Waals surface area contributed by atoms with Gasteiger partial charge in [0, 0.05) is 6.07 Å². The van der Waals surface area contributed by atoms with Gasteiger partial charge in [0.25, 0.3) is 5.78 Å². The molecule has 0 radical (unpaired) electrons. The number of fused-ring (bicyclic) bond motifs is 1. The number of amides is 1. The summed E-state index contributed by atoms with van der Waals surface area (Å²) < 4.78 is 30.3. The highest BCUT2D eigenvalue weighted by Crippen LogP contribution is 2.46. The van der Waals surface area contributed by atoms with Crippen LogP contribution in [0.5, 0.6) is 17.2 Å². The molecule has 1 aromatic heterocycles. The van der Waals surface area contributed by atoms with Crippen molar-refractivity contribution in [3.8, 4) is 17.2 Å². The van der Waals surface area contributed by atoms with E-state index >= 15 is 0 Å². The van der Waals surface area contributed by atoms with Gasteiger partial charge < -0.3 is 19.3 Å². The lowest BCUT2D eigenvalue weighted by atomic mass is 9.95. The Hall–Kier alpha value is -4.15. The number of carbonyl (C=O) groups excluding carboxylic acids is 2. The first-order valence-electron chi connectivity index (χ1n) is 11.2. The van der Waals surface area contributed by atoms with Crippen molar-refractivity contribution >= 4 is 55.7 Å². The van der Waals surface area contributed by atoms with Crippen LogP contribution in [0.25, 0.3) is 16.0 Å². The summed E-state index contributed by atoms with van der Waals surface area (Å²) in [6, 6.07) is 12.6. The molecule has 5 rings (SSSR count). The molecule has 1 aliphatic rings. The smallest absolute Gasteiger partial charge is 0.301 e. The largest absolute Gasteiger partial charge is 0.507 e. The number of Topliss-reactive ketones (excluding diaryl/α,β-unsaturated/α-hetero) is 1. The van der Waals surface area contributed by atoms with Crippen molar-refractivity contribution in [2.45, 2.75) is 6.04 Å². The topological polar surface area (TPSA) is 98.2 Å². The number of rotatable bonds is 6. The van der Waals surface area contributed by atoms with Crippen LogP contribution in [-0.2, 0) is 9.59 Å². The van der Waals surface area contributed by atoms with Crippen LogP contribution < -0.4 is 19.1 Å². The highest BCUT2D eigenvalue weighted by atomic mass is 35.5. The number of carbonyl (C=O) groups is 2. The molecule has 11 heteroatoms. The van der Waals surface area contributed by atoms with Gasteiger partial charge in [-0.3, -0.25) is 14.5 Å². The van der Waals surface area contributed by atoms with Gasteiger partial charge in [-0.2, -0.15) is 0 Å². The van der Waals surface area contributed by atoms with Crippen LogP contribution >= 0.6 is 22.9 Å². The number of aliphatic hydroxyl groups excluding tert-OH is 1. The van der Waals surface area contributed by atoms with Gasteiger partial charge in [0.2, 0.25) is 0 Å². The first-order chi connectivity index (χ1) is 18.3. The summed E-state index contributed by atoms with van der Waals surface area (Å²) in [7, 11) is 4.31. The van der Waals surface area contributed by atoms with Gasteiger partial charge in [-0.15, -0.1) is 0 Å². The van der Waals surface area contributed by atoms with Crippen molar-refractivity contribution in [3.63, 3.8) is 0 Å². The van der Waals surface area contributed by atoms with Gasteiger partial charge in [-0.1, -0.05) is 35.1 Å². The van der Waals surface area contributed by atoms with Crippen molar-refractivity contribution in [2.75, 3.05) is 26.2 Å². The molecule has 1 aliphatic heterocycles. The van der Waals surface area contributed by atoms with E-state index in [2.05, 4.69) is 4.98 Å². The molecule has 38 heavy (non-hydrogen) atoms. The Balaban J connectivity index is 1.76. The quantitative estimate of drug-likeness (QED) is 0.184. The summed E-state index contributed by atoms with van der Waals surface area (Å²) in [5.74, 6) is -1.79. The van der Waals surface area contributed by atoms with Crippen LogP contribution in [0.15, 0.2) is 60.2 Å². The molecule has 1 atom stereocenters. The SMILES string of the molecule is COc1ccc(C2/C(=C(\O)c3cc(OC)c(Cl)cc3OC)C(=O)C(=O)N2c2nc3ccc(F)cc3s2)cc1. The van der Waals surface area contributed by atoms with Crippen molar-refractivity contribution in [1.82, 2.24) is 4.98 Å². The molecule has 8 nitrogen and oxygen atoms in total. The standard InChI is InChI=1S/C27H20ClFN2O6S/c1-35-15-7-4-13(5-8-15)23-22(24(32)16-11-20(37-3)17(28)12-19(16)36-2)25(33)26(34)31(23)27-30-18-9-6-14(29)10-21(18)38-27/h4-12,23,32H,1-3H3/b24-22+. The molecule has 4 aromatic rings. The number of anilines is 1. The number of halogens is 2. The Morgan fingerprint density at radius 3 is 2.37 bits per heavy atom. The number of aromatic nitrogens is 1. The minimum Gasteiger partial charge on any atom is -0.507 e. The number of hydrogen-bond donors (Lipinski definition) is 1. The Labute approximate surface area is 225 Å². The maximum Gasteiger partial charge on any atom is 0.301 e. The molecule has 1 amide bonds. The average molecular weight is 555 g/mol. The summed E-state index contributed by atoms with van der Waals surface area (Å²) >= 11 is 7.28. The molecule has 0 saturated carbocycles. The normalized spacial score (nSPS) is 16.8. The van der Waals surface area contributed by atoms with E-state index in [1.807, 2.05) is 0 Å². The minimum absolute atomic E-state index is 0.108. The number of methoxy groups -OCH3 is 3. The molecule has 1 fully saturated rings. The fourth-order valence-corrected chi connectivity index (χ4v) is 5.56. The van der Waals surface area contributed by atoms with Crippen molar-refractivity contribution in [2.24, 2.45) is 0 Å². The fraction of sp³-hybridized carbons (Fsp3) is 0.148. The maximum absolute atomic E-state index is 13.9. The van der Waals surface area contributed by atoms with Gasteiger partial charge in [0.05, 0.1) is 53.7 Å². The first kappa shape index (κ1) is 25.5. The minimum atomic E-state index is -1.06. The third-order valence-electron chi connectivity index (χ3n) is 6.15. The molecule has 0 aliphatic carbocycles. The monoisotopic (exact) mass is 554 g/mol. The lowest BCUT2D eigenvalue weighted by molar-refractivity contribution is -0.132. The molecule has 194 valence electrons. The molecule has 0 bridgehead atoms. The van der Waals surface area contributed by atoms with Crippen LogP contribution in [0.1, 0.15) is 17.2 Å². The summed E-state index contributed by atoms with van der Waals surface area (Å²) in [4.78, 5) is 32.6. The molecule has 3 aromatic carbocycles. The van der Waals surface area contributed by atoms with Crippen molar-refractivity contribution in [3.05, 3.63) is 82.1 Å². The third kappa shape index (κ3) is 4.21. The number of hydrogen-bond acceptors (Lipinski definition) is 8. The lowest BCUT2D eigenvalue weighted by Gasteiger charge is -2.23. The average Bonchev–Trinajstić information content (AvgIpc) is 3.45. The zero-order chi connectivity index (χ0) is 27.1. The van der Waals surface area contributed by atoms with Crippen LogP contribution in [0, 0.1) is 5.82 Å². The maximum atomic E-state index is 13.9. The summed E-state index contributed by atoms with van der Waals surface area (Å²) in [5.41, 5.74) is 0.896. The Morgan fingerprint density at radius 1 is 1.00 bits per heavy atom. The van der Waals surface area contributed by atoms with Crippen LogP contribution in [0.3, 0.4) is 0 Å². The zero-order valence-electron chi connectivity index (χ0n) is 20.3. The number of thiazole rings is 1. The zero-order valence-corrected chi connectivity index (χ0v) is 21.9. The Kier molecular flexibility index (Phi) is 6.68. The summed E-state index contributed by atoms with van der Waals surface area (Å²) in [6.45, 7) is 0. The number of benzene rings is 3. The molecular formula is C27H20ClFN2O6S. The molecular weight excluding hydrogens is 535 g/mol. The first-order valence-corrected chi connectivity index (χ1v) is 12.4. The fourth-order valence-electron chi connectivity index (χ4n) is 4.31. The summed E-state index contributed by atoms with van der Waals surface area (Å²) in [5, 5.41) is 11.9. The number of aliphatic hydroxyl groups is 1. The van der Waals surface area contributed by atoms with Gasteiger partial charge in [-0.25, -0.2) is 9.37 Å². The predicted molar refractivity (Wildman–Crippen MR) is 142 cm³/mol. The van der Waals surface area contributed by atoms with Crippen LogP contribution in [0.4, 0.5) is 9.52 Å². The molecule has 1 unspecified atom stereocenters. The van der Waals surface area contributed by atoms with Gasteiger partial charge in [0.15, 0.2) is 5.13 Å². The highest BCUT2D eigenvalue weighted by molar-refractivity contribution is 7.22. The van der Waals surface area contributed by atoms with Crippen molar-refractivity contribution in [1.29, 1.82) is 0 Å². The second-order valence-electron chi connectivity index (χ2n) is 8.24. The van der Waals surface area contributed by atoms with E-state index in [1.54, 1.807) is 24.3 Å². The lowest BCUT2D eigenvalue weighted by Crippen LogP contribution is -2.29. The van der Waals surface area contributed by atoms with Gasteiger partial charge in [-0.05, 0) is 42.0 Å². The van der Waals surface area contributed by atoms with Gasteiger partial charge in [0.1, 0.15) is 28.8 Å². The van der Waals surface area contributed by atoms with E-state index in [1.165, 1.54) is 56.6 Å². The van der Waals surface area contributed by atoms with E-state index in [9.17, 15) is 19.1 Å². The third-order valence-corrected chi connectivity index (χ3v) is 7.46. The van der Waals surface area contributed by atoms with E-state index in [4.69, 9.17) is 25.8 Å².